The lowest BCUT2D eigenvalue weighted by molar-refractivity contribution is -0.125. The number of carbonyl (C=O) groups is 2. The number of benzene rings is 2. The van der Waals surface area contributed by atoms with Gasteiger partial charge in [0.15, 0.2) is 11.5 Å². The van der Waals surface area contributed by atoms with Crippen LogP contribution in [0.2, 0.25) is 0 Å². The third kappa shape index (κ3) is 5.47. The summed E-state index contributed by atoms with van der Waals surface area (Å²) in [6.45, 7) is 0.607. The second-order valence-electron chi connectivity index (χ2n) is 6.30. The summed E-state index contributed by atoms with van der Waals surface area (Å²) < 4.78 is 10.6. The molecule has 0 aliphatic carbocycles. The largest absolute Gasteiger partial charge is 0.493 e. The zero-order valence-corrected chi connectivity index (χ0v) is 16.7. The molecule has 2 N–H and O–H groups in total. The Morgan fingerprint density at radius 2 is 1.71 bits per heavy atom. The lowest BCUT2D eigenvalue weighted by Gasteiger charge is -2.27. The smallest absolute Gasteiger partial charge is 0.321 e. The number of hydrogen-bond acceptors (Lipinski definition) is 5. The molecule has 7 nitrogen and oxygen atoms in total. The van der Waals surface area contributed by atoms with Crippen molar-refractivity contribution in [2.24, 2.45) is 0 Å². The molecule has 0 spiro atoms. The molecule has 3 amide bonds. The molecule has 1 atom stereocenters. The van der Waals surface area contributed by atoms with Crippen molar-refractivity contribution in [3.63, 3.8) is 0 Å². The number of likely N-dealkylation sites (N-methyl/N-ethyl adjacent to an activating group) is 1. The SMILES string of the molecule is CNC(=O)NC(=O)[C@@H](c1ccccc1)N(C)CCc1ccc(OC)c(OC)c1. The number of carbonyl (C=O) groups excluding carboxylic acids is 2. The van der Waals surface area contributed by atoms with Crippen LogP contribution in [0.3, 0.4) is 0 Å². The van der Waals surface area contributed by atoms with E-state index < -0.39 is 12.1 Å². The van der Waals surface area contributed by atoms with Crippen LogP contribution in [0, 0.1) is 0 Å². The Morgan fingerprint density at radius 1 is 1.04 bits per heavy atom. The third-order valence-electron chi connectivity index (χ3n) is 4.47. The first kappa shape index (κ1) is 21.2. The Kier molecular flexibility index (Phi) is 7.83. The van der Waals surface area contributed by atoms with Crippen LogP contribution in [-0.4, -0.2) is 51.7 Å². The lowest BCUT2D eigenvalue weighted by atomic mass is 10.0. The average molecular weight is 385 g/mol. The molecule has 0 radical (unpaired) electrons. The number of amides is 3. The van der Waals surface area contributed by atoms with E-state index in [9.17, 15) is 9.59 Å². The van der Waals surface area contributed by atoms with Gasteiger partial charge in [0, 0.05) is 13.6 Å². The summed E-state index contributed by atoms with van der Waals surface area (Å²) in [6, 6.07) is 14.0. The predicted molar refractivity (Wildman–Crippen MR) is 108 cm³/mol. The Balaban J connectivity index is 2.15. The molecule has 2 aromatic rings. The van der Waals surface area contributed by atoms with E-state index >= 15 is 0 Å². The van der Waals surface area contributed by atoms with E-state index in [1.807, 2.05) is 60.5 Å². The van der Waals surface area contributed by atoms with Crippen molar-refractivity contribution in [1.82, 2.24) is 15.5 Å². The van der Waals surface area contributed by atoms with E-state index in [0.717, 1.165) is 11.1 Å². The molecule has 0 aromatic heterocycles. The highest BCUT2D eigenvalue weighted by molar-refractivity contribution is 5.97. The van der Waals surface area contributed by atoms with Gasteiger partial charge >= 0.3 is 6.03 Å². The fourth-order valence-electron chi connectivity index (χ4n) is 2.95. The van der Waals surface area contributed by atoms with Crippen molar-refractivity contribution in [3.05, 3.63) is 59.7 Å². The molecule has 28 heavy (non-hydrogen) atoms. The van der Waals surface area contributed by atoms with Gasteiger partial charge < -0.3 is 14.8 Å². The maximum Gasteiger partial charge on any atom is 0.321 e. The first-order chi connectivity index (χ1) is 13.5. The van der Waals surface area contributed by atoms with Crippen LogP contribution >= 0.6 is 0 Å². The number of rotatable bonds is 8. The molecular formula is C21H27N3O4. The van der Waals surface area contributed by atoms with Crippen LogP contribution in [0.1, 0.15) is 17.2 Å². The number of urea groups is 1. The summed E-state index contributed by atoms with van der Waals surface area (Å²) in [4.78, 5) is 26.2. The summed E-state index contributed by atoms with van der Waals surface area (Å²) in [5.41, 5.74) is 1.88. The number of methoxy groups -OCH3 is 2. The summed E-state index contributed by atoms with van der Waals surface area (Å²) in [7, 11) is 6.53. The van der Waals surface area contributed by atoms with Crippen molar-refractivity contribution >= 4 is 11.9 Å². The molecular weight excluding hydrogens is 358 g/mol. The molecule has 2 rings (SSSR count). The van der Waals surface area contributed by atoms with Gasteiger partial charge in [-0.25, -0.2) is 4.79 Å². The van der Waals surface area contributed by atoms with Gasteiger partial charge in [0.2, 0.25) is 5.91 Å². The molecule has 0 aliphatic heterocycles. The Hall–Kier alpha value is -3.06. The molecule has 0 fully saturated rings. The van der Waals surface area contributed by atoms with Crippen molar-refractivity contribution in [2.45, 2.75) is 12.5 Å². The van der Waals surface area contributed by atoms with Crippen LogP contribution in [0.5, 0.6) is 11.5 Å². The monoisotopic (exact) mass is 385 g/mol. The fraction of sp³-hybridized carbons (Fsp3) is 0.333. The standard InChI is InChI=1S/C21H27N3O4/c1-22-21(26)23-20(25)19(16-8-6-5-7-9-16)24(2)13-12-15-10-11-17(27-3)18(14-15)28-4/h5-11,14,19H,12-13H2,1-4H3,(H2,22,23,25,26)/t19-/m1/s1. The Morgan fingerprint density at radius 3 is 2.32 bits per heavy atom. The molecule has 0 saturated heterocycles. The molecule has 7 heteroatoms. The predicted octanol–water partition coefficient (Wildman–Crippen LogP) is 2.38. The van der Waals surface area contributed by atoms with E-state index in [-0.39, 0.29) is 5.91 Å². The van der Waals surface area contributed by atoms with Crippen LogP contribution in [-0.2, 0) is 11.2 Å². The zero-order valence-electron chi connectivity index (χ0n) is 16.7. The van der Waals surface area contributed by atoms with Crippen LogP contribution < -0.4 is 20.1 Å². The topological polar surface area (TPSA) is 79.9 Å². The van der Waals surface area contributed by atoms with E-state index in [0.29, 0.717) is 24.5 Å². The molecule has 0 saturated carbocycles. The molecule has 0 heterocycles. The van der Waals surface area contributed by atoms with Crippen molar-refractivity contribution in [1.29, 1.82) is 0 Å². The van der Waals surface area contributed by atoms with Gasteiger partial charge in [0.25, 0.3) is 0 Å². The fourth-order valence-corrected chi connectivity index (χ4v) is 2.95. The zero-order chi connectivity index (χ0) is 20.5. The normalized spacial score (nSPS) is 11.6. The third-order valence-corrected chi connectivity index (χ3v) is 4.47. The van der Waals surface area contributed by atoms with E-state index in [4.69, 9.17) is 9.47 Å². The second-order valence-corrected chi connectivity index (χ2v) is 6.30. The summed E-state index contributed by atoms with van der Waals surface area (Å²) in [5.74, 6) is 0.965. The van der Waals surface area contributed by atoms with Crippen molar-refractivity contribution < 1.29 is 19.1 Å². The number of ether oxygens (including phenoxy) is 2. The summed E-state index contributed by atoms with van der Waals surface area (Å²) in [6.07, 6.45) is 0.702. The first-order valence-corrected chi connectivity index (χ1v) is 8.98. The van der Waals surface area contributed by atoms with Crippen LogP contribution in [0.15, 0.2) is 48.5 Å². The van der Waals surface area contributed by atoms with Crippen LogP contribution in [0.4, 0.5) is 4.79 Å². The number of imide groups is 1. The summed E-state index contributed by atoms with van der Waals surface area (Å²) in [5, 5.41) is 4.78. The van der Waals surface area contributed by atoms with Gasteiger partial charge in [-0.15, -0.1) is 0 Å². The molecule has 0 aliphatic rings. The maximum atomic E-state index is 12.7. The van der Waals surface area contributed by atoms with Gasteiger partial charge in [-0.05, 0) is 36.7 Å². The lowest BCUT2D eigenvalue weighted by Crippen LogP contribution is -2.45. The van der Waals surface area contributed by atoms with Crippen molar-refractivity contribution in [3.8, 4) is 11.5 Å². The first-order valence-electron chi connectivity index (χ1n) is 8.98. The highest BCUT2D eigenvalue weighted by Crippen LogP contribution is 2.28. The quantitative estimate of drug-likeness (QED) is 0.729. The van der Waals surface area contributed by atoms with E-state index in [1.54, 1.807) is 14.2 Å². The second kappa shape index (κ2) is 10.3. The molecule has 2 aromatic carbocycles. The number of nitrogens with zero attached hydrogens (tertiary/aromatic N) is 1. The highest BCUT2D eigenvalue weighted by Gasteiger charge is 2.26. The maximum absolute atomic E-state index is 12.7. The minimum Gasteiger partial charge on any atom is -0.493 e. The van der Waals surface area contributed by atoms with Crippen LogP contribution in [0.25, 0.3) is 0 Å². The molecule has 0 bridgehead atoms. The summed E-state index contributed by atoms with van der Waals surface area (Å²) >= 11 is 0. The van der Waals surface area contributed by atoms with E-state index in [1.165, 1.54) is 7.05 Å². The highest BCUT2D eigenvalue weighted by atomic mass is 16.5. The van der Waals surface area contributed by atoms with Gasteiger partial charge in [0.1, 0.15) is 6.04 Å². The van der Waals surface area contributed by atoms with Crippen molar-refractivity contribution in [2.75, 3.05) is 34.9 Å². The number of nitrogens with one attached hydrogen (secondary N) is 2. The minimum absolute atomic E-state index is 0.375. The Bertz CT molecular complexity index is 795. The molecule has 0 unspecified atom stereocenters. The Labute approximate surface area is 165 Å². The average Bonchev–Trinajstić information content (AvgIpc) is 2.72. The van der Waals surface area contributed by atoms with Gasteiger partial charge in [-0.2, -0.15) is 0 Å². The number of hydrogen-bond donors (Lipinski definition) is 2. The molecule has 150 valence electrons. The van der Waals surface area contributed by atoms with Gasteiger partial charge in [-0.1, -0.05) is 36.4 Å². The van der Waals surface area contributed by atoms with E-state index in [2.05, 4.69) is 10.6 Å². The van der Waals surface area contributed by atoms with Gasteiger partial charge in [0.05, 0.1) is 14.2 Å². The van der Waals surface area contributed by atoms with Gasteiger partial charge in [-0.3, -0.25) is 15.0 Å². The minimum atomic E-state index is -0.585.